The Morgan fingerprint density at radius 1 is 1.26 bits per heavy atom. The molecule has 0 aliphatic heterocycles. The van der Waals surface area contributed by atoms with Crippen LogP contribution in [0.2, 0.25) is 0 Å². The molecule has 0 aromatic heterocycles. The number of benzene rings is 1. The van der Waals surface area contributed by atoms with Gasteiger partial charge in [-0.05, 0) is 13.8 Å². The minimum absolute atomic E-state index is 0.394. The normalized spacial score (nSPS) is 10.8. The van der Waals surface area contributed by atoms with Gasteiger partial charge in [-0.15, -0.1) is 0 Å². The van der Waals surface area contributed by atoms with Crippen molar-refractivity contribution < 1.29 is 13.7 Å². The third kappa shape index (κ3) is 4.59. The molecule has 0 fully saturated rings. The van der Waals surface area contributed by atoms with Crippen LogP contribution in [0.15, 0.2) is 30.3 Å². The highest BCUT2D eigenvalue weighted by molar-refractivity contribution is 8.17. The first-order valence-corrected chi connectivity index (χ1v) is 8.76. The molecule has 0 atom stereocenters. The van der Waals surface area contributed by atoms with E-state index >= 15 is 0 Å². The van der Waals surface area contributed by atoms with Crippen LogP contribution >= 0.6 is 6.72 Å². The smallest absolute Gasteiger partial charge is 0.308 e. The summed E-state index contributed by atoms with van der Waals surface area (Å²) in [4.78, 5) is 0.460. The van der Waals surface area contributed by atoms with Crippen LogP contribution in [0.4, 0.5) is 0 Å². The average Bonchev–Trinajstić information content (AvgIpc) is 2.46. The van der Waals surface area contributed by atoms with Gasteiger partial charge in [0.15, 0.2) is 0 Å². The molecule has 0 bridgehead atoms. The molecule has 2 N–H and O–H groups in total. The summed E-state index contributed by atoms with van der Waals surface area (Å²) in [5.74, 6) is 5.32. The van der Waals surface area contributed by atoms with Crippen molar-refractivity contribution in [3.8, 4) is 6.07 Å². The van der Waals surface area contributed by atoms with E-state index in [1.165, 1.54) is 0 Å². The van der Waals surface area contributed by atoms with E-state index < -0.39 is 6.72 Å². The van der Waals surface area contributed by atoms with Crippen LogP contribution in [0.1, 0.15) is 19.4 Å². The predicted molar refractivity (Wildman–Crippen MR) is 79.0 cm³/mol. The van der Waals surface area contributed by atoms with Crippen LogP contribution in [-0.4, -0.2) is 18.1 Å². The Hall–Kier alpha value is -0.930. The highest BCUT2D eigenvalue weighted by atomic mass is 32.5. The Balaban J connectivity index is 3.44. The van der Waals surface area contributed by atoms with E-state index in [1.54, 1.807) is 0 Å². The number of hydrogen-bond acceptors (Lipinski definition) is 5. The zero-order valence-corrected chi connectivity index (χ0v) is 12.6. The minimum Gasteiger partial charge on any atom is -0.308 e. The average molecular weight is 300 g/mol. The fraction of sp³-hybridized carbons (Fsp3) is 0.333. The van der Waals surface area contributed by atoms with Gasteiger partial charge >= 0.3 is 6.72 Å². The zero-order chi connectivity index (χ0) is 14.1. The molecule has 1 aromatic carbocycles. The molecule has 0 radical (unpaired) electrons. The van der Waals surface area contributed by atoms with Gasteiger partial charge in [-0.3, -0.25) is 0 Å². The van der Waals surface area contributed by atoms with Crippen LogP contribution in [0.25, 0.3) is 0 Å². The topological polar surface area (TPSA) is 77.5 Å². The summed E-state index contributed by atoms with van der Waals surface area (Å²) in [6, 6.07) is 11.4. The predicted octanol–water partition coefficient (Wildman–Crippen LogP) is 2.45. The van der Waals surface area contributed by atoms with E-state index in [0.29, 0.717) is 18.1 Å². The zero-order valence-electron chi connectivity index (χ0n) is 10.9. The largest absolute Gasteiger partial charge is 0.334 e. The molecule has 0 aliphatic rings. The molecule has 0 saturated carbocycles. The SMILES string of the molecule is CCOP(ON)(OCC)=S=C(C#N)c1ccccc1. The summed E-state index contributed by atoms with van der Waals surface area (Å²) in [5, 5.41) is 9.28. The van der Waals surface area contributed by atoms with E-state index in [9.17, 15) is 5.26 Å². The molecule has 0 saturated heterocycles. The summed E-state index contributed by atoms with van der Waals surface area (Å²) >= 11 is 0. The molecule has 0 spiro atoms. The van der Waals surface area contributed by atoms with Crippen LogP contribution < -0.4 is 5.90 Å². The number of rotatable bonds is 6. The molecule has 5 nitrogen and oxygen atoms in total. The number of hydrogen-bond donors (Lipinski definition) is 1. The molecule has 7 heteroatoms. The van der Waals surface area contributed by atoms with Gasteiger partial charge in [0, 0.05) is 5.56 Å². The van der Waals surface area contributed by atoms with E-state index in [2.05, 4.69) is 6.07 Å². The Bertz CT molecular complexity index is 526. The fourth-order valence-corrected chi connectivity index (χ4v) is 5.00. The van der Waals surface area contributed by atoms with Crippen LogP contribution in [0, 0.1) is 11.3 Å². The number of nitriles is 1. The second kappa shape index (κ2) is 8.28. The van der Waals surface area contributed by atoms with Gasteiger partial charge in [0.05, 0.1) is 13.2 Å². The first-order valence-electron chi connectivity index (χ1n) is 5.80. The highest BCUT2D eigenvalue weighted by Gasteiger charge is 2.20. The second-order valence-corrected chi connectivity index (χ2v) is 7.39. The van der Waals surface area contributed by atoms with Crippen molar-refractivity contribution in [3.05, 3.63) is 35.9 Å². The van der Waals surface area contributed by atoms with Crippen molar-refractivity contribution >= 4 is 22.1 Å². The summed E-state index contributed by atoms with van der Waals surface area (Å²) in [5.41, 5.74) is 0.788. The lowest BCUT2D eigenvalue weighted by molar-refractivity contribution is 0.169. The highest BCUT2D eigenvalue weighted by Crippen LogP contribution is 2.49. The van der Waals surface area contributed by atoms with Gasteiger partial charge in [-0.1, -0.05) is 40.9 Å². The van der Waals surface area contributed by atoms with Crippen molar-refractivity contribution in [2.24, 2.45) is 5.90 Å². The lowest BCUT2D eigenvalue weighted by Crippen LogP contribution is -2.06. The number of nitrogens with two attached hydrogens (primary N) is 1. The molecule has 1 rings (SSSR count). The van der Waals surface area contributed by atoms with E-state index in [1.807, 2.05) is 44.2 Å². The molecule has 19 heavy (non-hydrogen) atoms. The van der Waals surface area contributed by atoms with Crippen LogP contribution in [-0.2, 0) is 24.2 Å². The maximum absolute atomic E-state index is 9.28. The maximum atomic E-state index is 9.28. The van der Waals surface area contributed by atoms with Crippen LogP contribution in [0.3, 0.4) is 0 Å². The van der Waals surface area contributed by atoms with Crippen molar-refractivity contribution in [1.29, 1.82) is 5.26 Å². The summed E-state index contributed by atoms with van der Waals surface area (Å²) in [6.45, 7) is 1.65. The lowest BCUT2D eigenvalue weighted by Gasteiger charge is -2.18. The van der Waals surface area contributed by atoms with E-state index in [-0.39, 0.29) is 0 Å². The van der Waals surface area contributed by atoms with E-state index in [0.717, 1.165) is 16.1 Å². The van der Waals surface area contributed by atoms with Gasteiger partial charge in [-0.2, -0.15) is 5.26 Å². The molecule has 0 amide bonds. The molecule has 0 heterocycles. The maximum Gasteiger partial charge on any atom is 0.334 e. The van der Waals surface area contributed by atoms with Gasteiger partial charge in [-0.25, -0.2) is 10.5 Å². The quantitative estimate of drug-likeness (QED) is 0.378. The molecule has 1 aromatic rings. The van der Waals surface area contributed by atoms with Crippen molar-refractivity contribution in [2.45, 2.75) is 13.8 Å². The Labute approximate surface area is 116 Å². The third-order valence-corrected chi connectivity index (χ3v) is 6.29. The first kappa shape index (κ1) is 16.1. The first-order chi connectivity index (χ1) is 9.21. The Morgan fingerprint density at radius 2 is 1.84 bits per heavy atom. The standard InChI is InChI=1S/C12H17N2O3PS/c1-3-15-18(17-14,16-4-2)19-12(10-13)11-8-6-5-7-9-11/h5-9H,3-4,14H2,1-2H3. The lowest BCUT2D eigenvalue weighted by atomic mass is 10.2. The Morgan fingerprint density at radius 3 is 2.26 bits per heavy atom. The van der Waals surface area contributed by atoms with Gasteiger partial charge in [0.2, 0.25) is 0 Å². The van der Waals surface area contributed by atoms with Gasteiger partial charge in [0.1, 0.15) is 10.9 Å². The molecule has 0 unspecified atom stereocenters. The summed E-state index contributed by atoms with van der Waals surface area (Å²) < 4.78 is 15.9. The van der Waals surface area contributed by atoms with Crippen molar-refractivity contribution in [2.75, 3.05) is 13.2 Å². The third-order valence-electron chi connectivity index (χ3n) is 2.04. The van der Waals surface area contributed by atoms with Gasteiger partial charge < -0.3 is 9.05 Å². The molecular weight excluding hydrogens is 283 g/mol. The minimum atomic E-state index is -2.78. The number of nitrogens with zero attached hydrogens (tertiary/aromatic N) is 1. The molecular formula is C12H17N2O3PS. The summed E-state index contributed by atoms with van der Waals surface area (Å²) in [6.07, 6.45) is 0. The van der Waals surface area contributed by atoms with Gasteiger partial charge in [0.25, 0.3) is 0 Å². The van der Waals surface area contributed by atoms with Crippen molar-refractivity contribution in [3.63, 3.8) is 0 Å². The van der Waals surface area contributed by atoms with Crippen LogP contribution in [0.5, 0.6) is 0 Å². The van der Waals surface area contributed by atoms with Crippen molar-refractivity contribution in [1.82, 2.24) is 0 Å². The molecule has 104 valence electrons. The monoisotopic (exact) mass is 300 g/mol. The molecule has 0 aliphatic carbocycles. The second-order valence-electron chi connectivity index (χ2n) is 3.29. The Kier molecular flexibility index (Phi) is 7.03. The summed E-state index contributed by atoms with van der Waals surface area (Å²) in [7, 11) is 1.11. The van der Waals surface area contributed by atoms with E-state index in [4.69, 9.17) is 19.6 Å². The fourth-order valence-electron chi connectivity index (χ4n) is 1.33.